The van der Waals surface area contributed by atoms with Gasteiger partial charge in [-0.1, -0.05) is 42.5 Å². The number of benzene rings is 3. The monoisotopic (exact) mass is 362 g/mol. The average Bonchev–Trinajstić information content (AvgIpc) is 2.70. The van der Waals surface area contributed by atoms with Crippen LogP contribution >= 0.6 is 0 Å². The van der Waals surface area contributed by atoms with E-state index in [0.717, 1.165) is 27.6 Å². The molecule has 0 bridgehead atoms. The van der Waals surface area contributed by atoms with Gasteiger partial charge in [-0.05, 0) is 41.5 Å². The largest absolute Gasteiger partial charge is 0.496 e. The van der Waals surface area contributed by atoms with Gasteiger partial charge in [-0.25, -0.2) is 5.43 Å². The van der Waals surface area contributed by atoms with Gasteiger partial charge in [0.25, 0.3) is 0 Å². The predicted molar refractivity (Wildman–Crippen MR) is 108 cm³/mol. The highest BCUT2D eigenvalue weighted by molar-refractivity contribution is 6.02. The van der Waals surface area contributed by atoms with Crippen molar-refractivity contribution < 1.29 is 14.3 Å². The zero-order valence-electron chi connectivity index (χ0n) is 15.4. The van der Waals surface area contributed by atoms with Crippen molar-refractivity contribution >= 4 is 22.9 Å². The average molecular weight is 362 g/mol. The van der Waals surface area contributed by atoms with Crippen molar-refractivity contribution in [3.8, 4) is 11.5 Å². The Labute approximate surface area is 158 Å². The molecule has 0 fully saturated rings. The Bertz CT molecular complexity index is 949. The third-order valence-corrected chi connectivity index (χ3v) is 4.13. The normalized spacial score (nSPS) is 10.9. The molecule has 1 amide bonds. The minimum Gasteiger partial charge on any atom is -0.496 e. The molecule has 27 heavy (non-hydrogen) atoms. The second-order valence-electron chi connectivity index (χ2n) is 5.95. The van der Waals surface area contributed by atoms with Crippen LogP contribution in [0.15, 0.2) is 65.8 Å². The zero-order chi connectivity index (χ0) is 19.1. The lowest BCUT2D eigenvalue weighted by atomic mass is 10.0. The van der Waals surface area contributed by atoms with Crippen molar-refractivity contribution in [1.82, 2.24) is 5.43 Å². The van der Waals surface area contributed by atoms with Crippen molar-refractivity contribution in [2.24, 2.45) is 5.10 Å². The maximum absolute atomic E-state index is 12.1. The lowest BCUT2D eigenvalue weighted by molar-refractivity contribution is -0.120. The second kappa shape index (κ2) is 8.85. The third-order valence-electron chi connectivity index (χ3n) is 4.13. The van der Waals surface area contributed by atoms with Gasteiger partial charge in [0.2, 0.25) is 5.91 Å². The molecule has 3 aromatic carbocycles. The molecule has 0 aliphatic heterocycles. The van der Waals surface area contributed by atoms with Crippen LogP contribution in [0.25, 0.3) is 10.8 Å². The van der Waals surface area contributed by atoms with Gasteiger partial charge in [-0.2, -0.15) is 5.10 Å². The first kappa shape index (κ1) is 18.5. The Morgan fingerprint density at radius 3 is 2.59 bits per heavy atom. The fraction of sp³-hybridized carbons (Fsp3) is 0.182. The third kappa shape index (κ3) is 4.64. The summed E-state index contributed by atoms with van der Waals surface area (Å²) < 4.78 is 10.8. The van der Waals surface area contributed by atoms with Crippen LogP contribution < -0.4 is 14.9 Å². The Balaban J connectivity index is 1.68. The van der Waals surface area contributed by atoms with Crippen LogP contribution in [-0.4, -0.2) is 25.8 Å². The molecule has 5 nitrogen and oxygen atoms in total. The van der Waals surface area contributed by atoms with E-state index in [1.807, 2.05) is 67.6 Å². The van der Waals surface area contributed by atoms with Crippen LogP contribution in [0.4, 0.5) is 0 Å². The highest BCUT2D eigenvalue weighted by Gasteiger charge is 2.07. The van der Waals surface area contributed by atoms with Crippen LogP contribution in [-0.2, 0) is 11.2 Å². The van der Waals surface area contributed by atoms with E-state index >= 15 is 0 Å². The van der Waals surface area contributed by atoms with E-state index in [-0.39, 0.29) is 12.3 Å². The van der Waals surface area contributed by atoms with E-state index in [0.29, 0.717) is 12.4 Å². The summed E-state index contributed by atoms with van der Waals surface area (Å²) in [7, 11) is 1.62. The van der Waals surface area contributed by atoms with E-state index in [1.54, 1.807) is 13.3 Å². The van der Waals surface area contributed by atoms with Gasteiger partial charge in [-0.3, -0.25) is 4.79 Å². The number of carbonyl (C=O) groups is 1. The van der Waals surface area contributed by atoms with Crippen LogP contribution in [0.1, 0.15) is 18.1 Å². The van der Waals surface area contributed by atoms with E-state index < -0.39 is 0 Å². The first-order valence-electron chi connectivity index (χ1n) is 8.80. The molecule has 5 heteroatoms. The van der Waals surface area contributed by atoms with Crippen molar-refractivity contribution in [2.75, 3.05) is 13.7 Å². The van der Waals surface area contributed by atoms with Crippen molar-refractivity contribution in [3.63, 3.8) is 0 Å². The molecule has 0 heterocycles. The number of rotatable bonds is 7. The summed E-state index contributed by atoms with van der Waals surface area (Å²) >= 11 is 0. The number of nitrogens with zero attached hydrogens (tertiary/aromatic N) is 1. The number of hydrazone groups is 1. The second-order valence-corrected chi connectivity index (χ2v) is 5.95. The van der Waals surface area contributed by atoms with Crippen LogP contribution in [0, 0.1) is 0 Å². The van der Waals surface area contributed by atoms with Crippen LogP contribution in [0.5, 0.6) is 11.5 Å². The summed E-state index contributed by atoms with van der Waals surface area (Å²) in [5, 5.41) is 6.21. The van der Waals surface area contributed by atoms with Crippen molar-refractivity contribution in [3.05, 3.63) is 71.8 Å². The molecular weight excluding hydrogens is 340 g/mol. The summed E-state index contributed by atoms with van der Waals surface area (Å²) in [4.78, 5) is 12.1. The van der Waals surface area contributed by atoms with Crippen molar-refractivity contribution in [1.29, 1.82) is 0 Å². The van der Waals surface area contributed by atoms with Gasteiger partial charge in [0.05, 0.1) is 26.4 Å². The first-order valence-corrected chi connectivity index (χ1v) is 8.80. The number of nitrogens with one attached hydrogen (secondary N) is 1. The highest BCUT2D eigenvalue weighted by Crippen LogP contribution is 2.26. The van der Waals surface area contributed by atoms with E-state index in [4.69, 9.17) is 9.47 Å². The summed E-state index contributed by atoms with van der Waals surface area (Å²) in [5.74, 6) is 1.32. The smallest absolute Gasteiger partial charge is 0.244 e. The SMILES string of the molecule is CCOc1ccc(CC(=O)N/N=C\c2c(OC)ccc3ccccc23)cc1. The van der Waals surface area contributed by atoms with Gasteiger partial charge in [0.1, 0.15) is 11.5 Å². The molecule has 0 aromatic heterocycles. The number of fused-ring (bicyclic) bond motifs is 1. The van der Waals surface area contributed by atoms with E-state index in [1.165, 1.54) is 0 Å². The van der Waals surface area contributed by atoms with Crippen LogP contribution in [0.2, 0.25) is 0 Å². The number of hydrogen-bond acceptors (Lipinski definition) is 4. The molecular formula is C22H22N2O3. The lowest BCUT2D eigenvalue weighted by Crippen LogP contribution is -2.19. The molecule has 138 valence electrons. The number of hydrogen-bond donors (Lipinski definition) is 1. The maximum Gasteiger partial charge on any atom is 0.244 e. The fourth-order valence-corrected chi connectivity index (χ4v) is 2.85. The molecule has 0 spiro atoms. The number of amides is 1. The summed E-state index contributed by atoms with van der Waals surface area (Å²) in [6.07, 6.45) is 1.87. The fourth-order valence-electron chi connectivity index (χ4n) is 2.85. The Kier molecular flexibility index (Phi) is 6.05. The van der Waals surface area contributed by atoms with Gasteiger partial charge in [0.15, 0.2) is 0 Å². The standard InChI is InChI=1S/C22H22N2O3/c1-3-27-18-11-8-16(9-12-18)14-22(25)24-23-15-20-19-7-5-4-6-17(19)10-13-21(20)26-2/h4-13,15H,3,14H2,1-2H3,(H,24,25)/b23-15-. The topological polar surface area (TPSA) is 59.9 Å². The summed E-state index contributed by atoms with van der Waals surface area (Å²) in [6.45, 7) is 2.55. The van der Waals surface area contributed by atoms with Gasteiger partial charge in [0, 0.05) is 5.56 Å². The molecule has 0 atom stereocenters. The molecule has 0 saturated carbocycles. The summed E-state index contributed by atoms with van der Waals surface area (Å²) in [5.41, 5.74) is 4.31. The maximum atomic E-state index is 12.1. The predicted octanol–water partition coefficient (Wildman–Crippen LogP) is 3.94. The van der Waals surface area contributed by atoms with Gasteiger partial charge in [-0.15, -0.1) is 0 Å². The number of carbonyl (C=O) groups excluding carboxylic acids is 1. The summed E-state index contributed by atoms with van der Waals surface area (Å²) in [6, 6.07) is 19.3. The van der Waals surface area contributed by atoms with E-state index in [9.17, 15) is 4.79 Å². The Morgan fingerprint density at radius 2 is 1.85 bits per heavy atom. The molecule has 0 aliphatic carbocycles. The molecule has 3 aromatic rings. The molecule has 3 rings (SSSR count). The zero-order valence-corrected chi connectivity index (χ0v) is 15.4. The molecule has 1 N–H and O–H groups in total. The van der Waals surface area contributed by atoms with Crippen LogP contribution in [0.3, 0.4) is 0 Å². The highest BCUT2D eigenvalue weighted by atomic mass is 16.5. The molecule has 0 aliphatic rings. The number of methoxy groups -OCH3 is 1. The van der Waals surface area contributed by atoms with E-state index in [2.05, 4.69) is 10.5 Å². The van der Waals surface area contributed by atoms with Gasteiger partial charge < -0.3 is 9.47 Å². The molecule has 0 saturated heterocycles. The molecule has 0 unspecified atom stereocenters. The minimum absolute atomic E-state index is 0.186. The molecule has 0 radical (unpaired) electrons. The van der Waals surface area contributed by atoms with Crippen molar-refractivity contribution in [2.45, 2.75) is 13.3 Å². The minimum atomic E-state index is -0.186. The Hall–Kier alpha value is -3.34. The Morgan fingerprint density at radius 1 is 1.07 bits per heavy atom. The number of ether oxygens (including phenoxy) is 2. The van der Waals surface area contributed by atoms with Gasteiger partial charge >= 0.3 is 0 Å². The quantitative estimate of drug-likeness (QED) is 0.512. The first-order chi connectivity index (χ1) is 13.2. The lowest BCUT2D eigenvalue weighted by Gasteiger charge is -2.08.